The van der Waals surface area contributed by atoms with E-state index in [9.17, 15) is 9.90 Å². The molecule has 0 bridgehead atoms. The maximum atomic E-state index is 12.8. The van der Waals surface area contributed by atoms with E-state index in [4.69, 9.17) is 0 Å². The highest BCUT2D eigenvalue weighted by molar-refractivity contribution is 5.85. The first-order chi connectivity index (χ1) is 10.1. The van der Waals surface area contributed by atoms with Crippen molar-refractivity contribution in [2.45, 2.75) is 31.8 Å². The Morgan fingerprint density at radius 3 is 2.71 bits per heavy atom. The zero-order chi connectivity index (χ0) is 14.8. The highest BCUT2D eigenvalue weighted by Gasteiger charge is 2.32. The molecule has 1 amide bonds. The minimum atomic E-state index is -0.297. The van der Waals surface area contributed by atoms with E-state index in [-0.39, 0.29) is 17.9 Å². The lowest BCUT2D eigenvalue weighted by molar-refractivity contribution is -0.134. The van der Waals surface area contributed by atoms with E-state index in [1.807, 2.05) is 17.9 Å². The molecule has 2 atom stereocenters. The topological polar surface area (TPSA) is 43.8 Å². The van der Waals surface area contributed by atoms with Crippen LogP contribution in [-0.4, -0.2) is 59.6 Å². The van der Waals surface area contributed by atoms with Gasteiger partial charge in [0.1, 0.15) is 0 Å². The van der Waals surface area contributed by atoms with Crippen LogP contribution in [0.25, 0.3) is 0 Å². The standard InChI is InChI=1S/C17H24N2O2/c1-13(20)12-18-8-10-19(11-9-18)17(21)16-7-6-14-4-2-3-5-15(14)16/h2-5,13,16,20H,6-12H2,1H3. The average molecular weight is 288 g/mol. The molecule has 0 aromatic heterocycles. The number of β-amino-alcohol motifs (C(OH)–C–C–N with tert-alkyl or cyclic N) is 1. The molecule has 2 unspecified atom stereocenters. The highest BCUT2D eigenvalue weighted by Crippen LogP contribution is 2.34. The summed E-state index contributed by atoms with van der Waals surface area (Å²) in [5, 5.41) is 9.44. The van der Waals surface area contributed by atoms with Crippen LogP contribution in [0.3, 0.4) is 0 Å². The largest absolute Gasteiger partial charge is 0.392 e. The smallest absolute Gasteiger partial charge is 0.230 e. The molecular formula is C17H24N2O2. The molecule has 1 N–H and O–H groups in total. The molecule has 4 heteroatoms. The number of aliphatic hydroxyl groups is 1. The number of hydrogen-bond acceptors (Lipinski definition) is 3. The molecule has 0 saturated carbocycles. The van der Waals surface area contributed by atoms with E-state index in [0.29, 0.717) is 6.54 Å². The fourth-order valence-corrected chi connectivity index (χ4v) is 3.56. The summed E-state index contributed by atoms with van der Waals surface area (Å²) < 4.78 is 0. The number of aliphatic hydroxyl groups excluding tert-OH is 1. The van der Waals surface area contributed by atoms with Gasteiger partial charge in [0.2, 0.25) is 5.91 Å². The number of piperazine rings is 1. The van der Waals surface area contributed by atoms with Crippen molar-refractivity contribution in [1.29, 1.82) is 0 Å². The Hall–Kier alpha value is -1.39. The van der Waals surface area contributed by atoms with Gasteiger partial charge in [0.15, 0.2) is 0 Å². The van der Waals surface area contributed by atoms with Crippen LogP contribution in [0.15, 0.2) is 24.3 Å². The first-order valence-electron chi connectivity index (χ1n) is 7.92. The van der Waals surface area contributed by atoms with E-state index in [2.05, 4.69) is 23.1 Å². The molecule has 2 aliphatic rings. The third-order valence-electron chi connectivity index (χ3n) is 4.64. The van der Waals surface area contributed by atoms with Gasteiger partial charge in [-0.3, -0.25) is 9.69 Å². The molecule has 21 heavy (non-hydrogen) atoms. The van der Waals surface area contributed by atoms with E-state index < -0.39 is 0 Å². The Labute approximate surface area is 126 Å². The van der Waals surface area contributed by atoms with E-state index in [1.54, 1.807) is 0 Å². The number of aryl methyl sites for hydroxylation is 1. The van der Waals surface area contributed by atoms with Gasteiger partial charge >= 0.3 is 0 Å². The van der Waals surface area contributed by atoms with Crippen LogP contribution in [0, 0.1) is 0 Å². The summed E-state index contributed by atoms with van der Waals surface area (Å²) in [6, 6.07) is 8.34. The van der Waals surface area contributed by atoms with Crippen LogP contribution in [-0.2, 0) is 11.2 Å². The van der Waals surface area contributed by atoms with Crippen molar-refractivity contribution in [2.24, 2.45) is 0 Å². The van der Waals surface area contributed by atoms with Crippen LogP contribution in [0.2, 0.25) is 0 Å². The lowest BCUT2D eigenvalue weighted by atomic mass is 9.99. The Kier molecular flexibility index (Phi) is 4.27. The van der Waals surface area contributed by atoms with Crippen molar-refractivity contribution in [1.82, 2.24) is 9.80 Å². The number of amides is 1. The molecule has 114 valence electrons. The van der Waals surface area contributed by atoms with Crippen LogP contribution >= 0.6 is 0 Å². The van der Waals surface area contributed by atoms with Gasteiger partial charge in [0.05, 0.1) is 12.0 Å². The summed E-state index contributed by atoms with van der Waals surface area (Å²) in [6.45, 7) is 5.81. The number of nitrogens with zero attached hydrogens (tertiary/aromatic N) is 2. The fourth-order valence-electron chi connectivity index (χ4n) is 3.56. The fraction of sp³-hybridized carbons (Fsp3) is 0.588. The maximum Gasteiger partial charge on any atom is 0.230 e. The number of rotatable bonds is 3. The molecule has 0 radical (unpaired) electrons. The quantitative estimate of drug-likeness (QED) is 0.910. The van der Waals surface area contributed by atoms with Crippen LogP contribution in [0.5, 0.6) is 0 Å². The van der Waals surface area contributed by atoms with Gasteiger partial charge in [0.25, 0.3) is 0 Å². The van der Waals surface area contributed by atoms with E-state index in [0.717, 1.165) is 39.0 Å². The van der Waals surface area contributed by atoms with Gasteiger partial charge < -0.3 is 10.0 Å². The Morgan fingerprint density at radius 1 is 1.29 bits per heavy atom. The second-order valence-corrected chi connectivity index (χ2v) is 6.26. The van der Waals surface area contributed by atoms with Crippen molar-refractivity contribution in [3.63, 3.8) is 0 Å². The van der Waals surface area contributed by atoms with Crippen molar-refractivity contribution < 1.29 is 9.90 Å². The molecule has 1 saturated heterocycles. The Bertz CT molecular complexity index is 507. The second kappa shape index (κ2) is 6.16. The molecule has 0 spiro atoms. The third kappa shape index (κ3) is 3.11. The molecule has 1 heterocycles. The third-order valence-corrected chi connectivity index (χ3v) is 4.64. The molecule has 3 rings (SSSR count). The molecule has 1 aromatic rings. The van der Waals surface area contributed by atoms with Crippen molar-refractivity contribution in [3.05, 3.63) is 35.4 Å². The molecular weight excluding hydrogens is 264 g/mol. The van der Waals surface area contributed by atoms with Crippen LogP contribution in [0.4, 0.5) is 0 Å². The normalized spacial score (nSPS) is 23.9. The number of fused-ring (bicyclic) bond motifs is 1. The first-order valence-corrected chi connectivity index (χ1v) is 7.92. The van der Waals surface area contributed by atoms with Crippen molar-refractivity contribution in [2.75, 3.05) is 32.7 Å². The average Bonchev–Trinajstić information content (AvgIpc) is 2.90. The summed E-state index contributed by atoms with van der Waals surface area (Å²) in [5.74, 6) is 0.348. The summed E-state index contributed by atoms with van der Waals surface area (Å²) in [4.78, 5) is 17.0. The molecule has 1 fully saturated rings. The summed E-state index contributed by atoms with van der Waals surface area (Å²) in [5.41, 5.74) is 2.57. The SMILES string of the molecule is CC(O)CN1CCN(C(=O)C2CCc3ccccc32)CC1. The summed E-state index contributed by atoms with van der Waals surface area (Å²) in [7, 11) is 0. The minimum absolute atomic E-state index is 0.0597. The molecule has 1 aliphatic carbocycles. The second-order valence-electron chi connectivity index (χ2n) is 6.26. The molecule has 1 aromatic carbocycles. The van der Waals surface area contributed by atoms with Crippen LogP contribution in [0.1, 0.15) is 30.4 Å². The lowest BCUT2D eigenvalue weighted by Crippen LogP contribution is -2.51. The highest BCUT2D eigenvalue weighted by atomic mass is 16.3. The predicted octanol–water partition coefficient (Wildman–Crippen LogP) is 1.24. The maximum absolute atomic E-state index is 12.8. The Balaban J connectivity index is 1.61. The number of hydrogen-bond donors (Lipinski definition) is 1. The van der Waals surface area contributed by atoms with E-state index >= 15 is 0 Å². The van der Waals surface area contributed by atoms with Gasteiger partial charge in [-0.1, -0.05) is 24.3 Å². The van der Waals surface area contributed by atoms with Crippen molar-refractivity contribution >= 4 is 5.91 Å². The number of carbonyl (C=O) groups is 1. The summed E-state index contributed by atoms with van der Waals surface area (Å²) >= 11 is 0. The molecule has 1 aliphatic heterocycles. The first kappa shape index (κ1) is 14.5. The summed E-state index contributed by atoms with van der Waals surface area (Å²) in [6.07, 6.45) is 1.68. The Morgan fingerprint density at radius 2 is 2.00 bits per heavy atom. The monoisotopic (exact) mass is 288 g/mol. The van der Waals surface area contributed by atoms with Crippen LogP contribution < -0.4 is 0 Å². The lowest BCUT2D eigenvalue weighted by Gasteiger charge is -2.36. The zero-order valence-electron chi connectivity index (χ0n) is 12.7. The van der Waals surface area contributed by atoms with Gasteiger partial charge in [-0.25, -0.2) is 0 Å². The predicted molar refractivity (Wildman–Crippen MR) is 82.2 cm³/mol. The molecule has 4 nitrogen and oxygen atoms in total. The number of benzene rings is 1. The van der Waals surface area contributed by atoms with E-state index in [1.165, 1.54) is 11.1 Å². The minimum Gasteiger partial charge on any atom is -0.392 e. The van der Waals surface area contributed by atoms with Gasteiger partial charge in [0, 0.05) is 32.7 Å². The zero-order valence-corrected chi connectivity index (χ0v) is 12.7. The van der Waals surface area contributed by atoms with Crippen molar-refractivity contribution in [3.8, 4) is 0 Å². The van der Waals surface area contributed by atoms with Gasteiger partial charge in [-0.2, -0.15) is 0 Å². The van der Waals surface area contributed by atoms with Gasteiger partial charge in [-0.05, 0) is 30.9 Å². The number of carbonyl (C=O) groups excluding carboxylic acids is 1. The van der Waals surface area contributed by atoms with Gasteiger partial charge in [-0.15, -0.1) is 0 Å².